The zero-order chi connectivity index (χ0) is 17.0. The van der Waals surface area contributed by atoms with E-state index in [1.54, 1.807) is 11.2 Å². The van der Waals surface area contributed by atoms with E-state index in [1.807, 2.05) is 31.1 Å². The summed E-state index contributed by atoms with van der Waals surface area (Å²) in [6.07, 6.45) is 2.80. The molecule has 1 aliphatic heterocycles. The molecule has 0 bridgehead atoms. The fourth-order valence-corrected chi connectivity index (χ4v) is 3.36. The van der Waals surface area contributed by atoms with Gasteiger partial charge in [0, 0.05) is 32.7 Å². The molecule has 2 rings (SSSR count). The summed E-state index contributed by atoms with van der Waals surface area (Å²) in [4.78, 5) is 15.9. The Morgan fingerprint density at radius 1 is 1.35 bits per heavy atom. The number of likely N-dealkylation sites (N-methyl/N-ethyl adjacent to an activating group) is 1. The average Bonchev–Trinajstić information content (AvgIpc) is 3.00. The van der Waals surface area contributed by atoms with Gasteiger partial charge in [0.2, 0.25) is 10.0 Å². The molecule has 1 aromatic rings. The smallest absolute Gasteiger partial charge is 0.317 e. The SMILES string of the molecule is CN(C)[C@@H](CNC(=O)N1CCN(S(C)(=O)=O)CC1)c1ccco1. The van der Waals surface area contributed by atoms with Gasteiger partial charge in [-0.3, -0.25) is 4.90 Å². The predicted octanol–water partition coefficient (Wildman–Crippen LogP) is 0.169. The lowest BCUT2D eigenvalue weighted by Gasteiger charge is -2.33. The first kappa shape index (κ1) is 17.8. The van der Waals surface area contributed by atoms with Gasteiger partial charge < -0.3 is 14.6 Å². The number of amides is 2. The van der Waals surface area contributed by atoms with E-state index in [-0.39, 0.29) is 12.1 Å². The van der Waals surface area contributed by atoms with Crippen molar-refractivity contribution in [3.8, 4) is 0 Å². The van der Waals surface area contributed by atoms with E-state index in [0.717, 1.165) is 5.76 Å². The van der Waals surface area contributed by atoms with Crippen molar-refractivity contribution >= 4 is 16.1 Å². The van der Waals surface area contributed by atoms with Crippen LogP contribution in [0.1, 0.15) is 11.8 Å². The summed E-state index contributed by atoms with van der Waals surface area (Å²) in [5.74, 6) is 0.789. The van der Waals surface area contributed by atoms with Crippen molar-refractivity contribution in [2.24, 2.45) is 0 Å². The van der Waals surface area contributed by atoms with Gasteiger partial charge in [-0.25, -0.2) is 13.2 Å². The lowest BCUT2D eigenvalue weighted by molar-refractivity contribution is 0.167. The molecule has 0 unspecified atom stereocenters. The zero-order valence-electron chi connectivity index (χ0n) is 13.7. The first-order valence-corrected chi connectivity index (χ1v) is 9.31. The summed E-state index contributed by atoms with van der Waals surface area (Å²) in [5.41, 5.74) is 0. The van der Waals surface area contributed by atoms with Gasteiger partial charge in [-0.05, 0) is 26.2 Å². The van der Waals surface area contributed by atoms with Gasteiger partial charge in [0.1, 0.15) is 5.76 Å². The van der Waals surface area contributed by atoms with E-state index >= 15 is 0 Å². The third-order valence-electron chi connectivity index (χ3n) is 3.94. The van der Waals surface area contributed by atoms with Crippen molar-refractivity contribution in [2.45, 2.75) is 6.04 Å². The molecule has 130 valence electrons. The molecule has 0 spiro atoms. The van der Waals surface area contributed by atoms with Crippen molar-refractivity contribution in [3.05, 3.63) is 24.2 Å². The van der Waals surface area contributed by atoms with Gasteiger partial charge in [0.15, 0.2) is 0 Å². The molecule has 1 fully saturated rings. The van der Waals surface area contributed by atoms with Crippen molar-refractivity contribution in [3.63, 3.8) is 0 Å². The number of urea groups is 1. The Morgan fingerprint density at radius 3 is 2.48 bits per heavy atom. The molecule has 1 aliphatic rings. The summed E-state index contributed by atoms with van der Waals surface area (Å²) >= 11 is 0. The summed E-state index contributed by atoms with van der Waals surface area (Å²) in [6.45, 7) is 1.88. The van der Waals surface area contributed by atoms with E-state index in [1.165, 1.54) is 10.6 Å². The van der Waals surface area contributed by atoms with Crippen molar-refractivity contribution < 1.29 is 17.6 Å². The molecule has 23 heavy (non-hydrogen) atoms. The molecule has 1 aromatic heterocycles. The average molecular weight is 344 g/mol. The fraction of sp³-hybridized carbons (Fsp3) is 0.643. The molecule has 1 atom stereocenters. The maximum atomic E-state index is 12.2. The van der Waals surface area contributed by atoms with Crippen LogP contribution in [0.5, 0.6) is 0 Å². The molecule has 9 heteroatoms. The minimum Gasteiger partial charge on any atom is -0.468 e. The van der Waals surface area contributed by atoms with Crippen LogP contribution < -0.4 is 5.32 Å². The number of carbonyl (C=O) groups excluding carboxylic acids is 1. The fourth-order valence-electron chi connectivity index (χ4n) is 2.54. The predicted molar refractivity (Wildman–Crippen MR) is 86.5 cm³/mol. The van der Waals surface area contributed by atoms with Crippen molar-refractivity contribution in [2.75, 3.05) is 53.1 Å². The molecular weight excluding hydrogens is 320 g/mol. The molecule has 8 nitrogen and oxygen atoms in total. The topological polar surface area (TPSA) is 86.1 Å². The normalized spacial score (nSPS) is 18.2. The highest BCUT2D eigenvalue weighted by molar-refractivity contribution is 7.88. The number of piperazine rings is 1. The van der Waals surface area contributed by atoms with E-state index in [2.05, 4.69) is 5.32 Å². The highest BCUT2D eigenvalue weighted by Gasteiger charge is 2.26. The molecule has 2 amide bonds. The highest BCUT2D eigenvalue weighted by atomic mass is 32.2. The van der Waals surface area contributed by atoms with Gasteiger partial charge >= 0.3 is 6.03 Å². The highest BCUT2D eigenvalue weighted by Crippen LogP contribution is 2.17. The van der Waals surface area contributed by atoms with Crippen LogP contribution in [0.2, 0.25) is 0 Å². The number of carbonyl (C=O) groups is 1. The maximum Gasteiger partial charge on any atom is 0.317 e. The monoisotopic (exact) mass is 344 g/mol. The Labute approximate surface area is 137 Å². The molecule has 0 aromatic carbocycles. The second-order valence-electron chi connectivity index (χ2n) is 5.83. The summed E-state index contributed by atoms with van der Waals surface area (Å²) in [7, 11) is 0.656. The first-order valence-electron chi connectivity index (χ1n) is 7.47. The van der Waals surface area contributed by atoms with E-state index in [0.29, 0.717) is 32.7 Å². The lowest BCUT2D eigenvalue weighted by Crippen LogP contribution is -2.53. The maximum absolute atomic E-state index is 12.2. The van der Waals surface area contributed by atoms with Crippen LogP contribution in [0, 0.1) is 0 Å². The summed E-state index contributed by atoms with van der Waals surface area (Å²) in [6, 6.07) is 3.46. The van der Waals surface area contributed by atoms with E-state index in [4.69, 9.17) is 4.42 Å². The third kappa shape index (κ3) is 4.69. The summed E-state index contributed by atoms with van der Waals surface area (Å²) < 4.78 is 29.7. The van der Waals surface area contributed by atoms with Gasteiger partial charge in [0.05, 0.1) is 18.6 Å². The van der Waals surface area contributed by atoms with Gasteiger partial charge in [-0.15, -0.1) is 0 Å². The Morgan fingerprint density at radius 2 is 2.00 bits per heavy atom. The van der Waals surface area contributed by atoms with Crippen LogP contribution in [0.25, 0.3) is 0 Å². The number of nitrogens with zero attached hydrogens (tertiary/aromatic N) is 3. The minimum atomic E-state index is -3.19. The van der Waals surface area contributed by atoms with E-state index < -0.39 is 10.0 Å². The van der Waals surface area contributed by atoms with Crippen LogP contribution in [0.15, 0.2) is 22.8 Å². The number of hydrogen-bond acceptors (Lipinski definition) is 5. The largest absolute Gasteiger partial charge is 0.468 e. The van der Waals surface area contributed by atoms with Crippen LogP contribution in [0.4, 0.5) is 4.79 Å². The molecule has 2 heterocycles. The number of sulfonamides is 1. The number of rotatable bonds is 5. The second-order valence-corrected chi connectivity index (χ2v) is 7.81. The van der Waals surface area contributed by atoms with Crippen LogP contribution in [-0.2, 0) is 10.0 Å². The number of hydrogen-bond donors (Lipinski definition) is 1. The Hall–Kier alpha value is -1.58. The van der Waals surface area contributed by atoms with Crippen LogP contribution in [-0.4, -0.2) is 81.6 Å². The second kappa shape index (κ2) is 7.33. The molecule has 0 radical (unpaired) electrons. The lowest BCUT2D eigenvalue weighted by atomic mass is 10.2. The summed E-state index contributed by atoms with van der Waals surface area (Å²) in [5, 5.41) is 2.89. The molecule has 1 saturated heterocycles. The third-order valence-corrected chi connectivity index (χ3v) is 5.24. The molecule has 1 N–H and O–H groups in total. The zero-order valence-corrected chi connectivity index (χ0v) is 14.5. The Balaban J connectivity index is 1.85. The van der Waals surface area contributed by atoms with Gasteiger partial charge in [-0.2, -0.15) is 4.31 Å². The van der Waals surface area contributed by atoms with Crippen LogP contribution >= 0.6 is 0 Å². The standard InChI is InChI=1S/C14H24N4O4S/c1-16(2)12(13-5-4-10-22-13)11-15-14(19)17-6-8-18(9-7-17)23(3,20)21/h4-5,10,12H,6-9,11H2,1-3H3,(H,15,19)/t12-/m0/s1. The Kier molecular flexibility index (Phi) is 5.66. The minimum absolute atomic E-state index is 0.0498. The molecule has 0 aliphatic carbocycles. The molecular formula is C14H24N4O4S. The van der Waals surface area contributed by atoms with Gasteiger partial charge in [-0.1, -0.05) is 0 Å². The van der Waals surface area contributed by atoms with Gasteiger partial charge in [0.25, 0.3) is 0 Å². The molecule has 0 saturated carbocycles. The van der Waals surface area contributed by atoms with E-state index in [9.17, 15) is 13.2 Å². The van der Waals surface area contributed by atoms with Crippen LogP contribution in [0.3, 0.4) is 0 Å². The number of furan rings is 1. The van der Waals surface area contributed by atoms with Crippen molar-refractivity contribution in [1.29, 1.82) is 0 Å². The van der Waals surface area contributed by atoms with Crippen molar-refractivity contribution in [1.82, 2.24) is 19.4 Å². The number of nitrogens with one attached hydrogen (secondary N) is 1. The Bertz CT molecular complexity index is 607. The first-order chi connectivity index (χ1) is 10.8. The quantitative estimate of drug-likeness (QED) is 0.823.